The third-order valence-electron chi connectivity index (χ3n) is 2.92. The van der Waals surface area contributed by atoms with E-state index in [0.717, 1.165) is 26.6 Å². The molecular formula is C16H20NOP. The molecule has 19 heavy (non-hydrogen) atoms. The highest BCUT2D eigenvalue weighted by molar-refractivity contribution is 7.46. The van der Waals surface area contributed by atoms with Crippen molar-refractivity contribution in [3.8, 4) is 5.75 Å². The molecule has 0 bridgehead atoms. The molecular weight excluding hydrogens is 253 g/mol. The second kappa shape index (κ2) is 7.16. The number of hydrogen-bond donors (Lipinski definition) is 1. The monoisotopic (exact) mass is 273 g/mol. The highest BCUT2D eigenvalue weighted by Gasteiger charge is 2.04. The van der Waals surface area contributed by atoms with Gasteiger partial charge in [0, 0.05) is 6.54 Å². The summed E-state index contributed by atoms with van der Waals surface area (Å²) in [6.07, 6.45) is 0. The van der Waals surface area contributed by atoms with Crippen molar-refractivity contribution in [1.82, 2.24) is 0 Å². The van der Waals surface area contributed by atoms with E-state index in [-0.39, 0.29) is 0 Å². The summed E-state index contributed by atoms with van der Waals surface area (Å²) < 4.78 is 5.96. The largest absolute Gasteiger partial charge is 0.487 e. The van der Waals surface area contributed by atoms with Gasteiger partial charge in [0.1, 0.15) is 12.4 Å². The molecule has 0 amide bonds. The maximum Gasteiger partial charge on any atom is 0.142 e. The Morgan fingerprint density at radius 1 is 1.05 bits per heavy atom. The van der Waals surface area contributed by atoms with Crippen molar-refractivity contribution < 1.29 is 4.74 Å². The van der Waals surface area contributed by atoms with Crippen molar-refractivity contribution >= 4 is 19.6 Å². The van der Waals surface area contributed by atoms with Crippen LogP contribution in [0.1, 0.15) is 12.5 Å². The molecule has 0 saturated carbocycles. The molecule has 0 heterocycles. The van der Waals surface area contributed by atoms with Gasteiger partial charge in [-0.1, -0.05) is 45.0 Å². The average molecular weight is 273 g/mol. The fourth-order valence-corrected chi connectivity index (χ4v) is 2.71. The molecule has 1 unspecified atom stereocenters. The summed E-state index contributed by atoms with van der Waals surface area (Å²) in [4.78, 5) is 0. The van der Waals surface area contributed by atoms with Crippen LogP contribution in [0.2, 0.25) is 0 Å². The Morgan fingerprint density at radius 3 is 2.58 bits per heavy atom. The van der Waals surface area contributed by atoms with E-state index in [2.05, 4.69) is 43.2 Å². The third-order valence-corrected chi connectivity index (χ3v) is 3.95. The van der Waals surface area contributed by atoms with Gasteiger partial charge in [0.05, 0.1) is 5.69 Å². The Kier molecular flexibility index (Phi) is 5.23. The molecule has 2 nitrogen and oxygen atoms in total. The van der Waals surface area contributed by atoms with Crippen molar-refractivity contribution in [3.05, 3.63) is 54.1 Å². The summed E-state index contributed by atoms with van der Waals surface area (Å²) in [5, 5.41) is 4.70. The summed E-state index contributed by atoms with van der Waals surface area (Å²) in [5.41, 5.74) is 2.33. The molecule has 0 aromatic heterocycles. The standard InChI is InChI=1S/C16H20NOP/c1-3-17-14-9-5-6-10-15(14)18-12-13-8-4-7-11-16(13)19-2/h4-11,17,19H,3,12H2,1-2H3. The molecule has 2 aromatic rings. The number of para-hydroxylation sites is 2. The van der Waals surface area contributed by atoms with Crippen LogP contribution in [0.25, 0.3) is 0 Å². The summed E-state index contributed by atoms with van der Waals surface area (Å²) >= 11 is 0. The van der Waals surface area contributed by atoms with Crippen LogP contribution in [0.15, 0.2) is 48.5 Å². The molecule has 3 heteroatoms. The minimum atomic E-state index is 0.624. The summed E-state index contributed by atoms with van der Waals surface area (Å²) in [5.74, 6) is 0.915. The Labute approximate surface area is 117 Å². The quantitative estimate of drug-likeness (QED) is 0.811. The molecule has 0 radical (unpaired) electrons. The van der Waals surface area contributed by atoms with Crippen LogP contribution in [0, 0.1) is 0 Å². The number of hydrogen-bond acceptors (Lipinski definition) is 2. The van der Waals surface area contributed by atoms with Gasteiger partial charge in [0.15, 0.2) is 0 Å². The minimum Gasteiger partial charge on any atom is -0.487 e. The maximum atomic E-state index is 5.96. The number of rotatable bonds is 6. The van der Waals surface area contributed by atoms with Crippen molar-refractivity contribution in [2.24, 2.45) is 0 Å². The summed E-state index contributed by atoms with van der Waals surface area (Å²) in [7, 11) is 0.798. The van der Waals surface area contributed by atoms with Crippen LogP contribution in [-0.2, 0) is 6.61 Å². The van der Waals surface area contributed by atoms with Gasteiger partial charge < -0.3 is 10.1 Å². The lowest BCUT2D eigenvalue weighted by atomic mass is 10.2. The van der Waals surface area contributed by atoms with Crippen molar-refractivity contribution in [3.63, 3.8) is 0 Å². The van der Waals surface area contributed by atoms with Crippen molar-refractivity contribution in [1.29, 1.82) is 0 Å². The zero-order valence-electron chi connectivity index (χ0n) is 11.4. The van der Waals surface area contributed by atoms with Gasteiger partial charge in [-0.15, -0.1) is 0 Å². The second-order valence-corrected chi connectivity index (χ2v) is 5.26. The van der Waals surface area contributed by atoms with E-state index < -0.39 is 0 Å². The predicted octanol–water partition coefficient (Wildman–Crippen LogP) is 3.63. The first kappa shape index (κ1) is 13.9. The Hall–Kier alpha value is -1.53. The van der Waals surface area contributed by atoms with Crippen molar-refractivity contribution in [2.75, 3.05) is 18.5 Å². The Balaban J connectivity index is 2.10. The normalized spacial score (nSPS) is 10.8. The van der Waals surface area contributed by atoms with E-state index >= 15 is 0 Å². The molecule has 0 saturated heterocycles. The van der Waals surface area contributed by atoms with Crippen molar-refractivity contribution in [2.45, 2.75) is 13.5 Å². The molecule has 0 spiro atoms. The predicted molar refractivity (Wildman–Crippen MR) is 85.3 cm³/mol. The number of benzene rings is 2. The Bertz CT molecular complexity index is 528. The zero-order valence-corrected chi connectivity index (χ0v) is 12.4. The highest BCUT2D eigenvalue weighted by atomic mass is 31.1. The topological polar surface area (TPSA) is 21.3 Å². The van der Waals surface area contributed by atoms with Gasteiger partial charge >= 0.3 is 0 Å². The highest BCUT2D eigenvalue weighted by Crippen LogP contribution is 2.24. The van der Waals surface area contributed by atoms with Gasteiger partial charge in [0.2, 0.25) is 0 Å². The lowest BCUT2D eigenvalue weighted by Crippen LogP contribution is -2.08. The number of nitrogens with one attached hydrogen (secondary N) is 1. The molecule has 1 atom stereocenters. The second-order valence-electron chi connectivity index (χ2n) is 4.22. The van der Waals surface area contributed by atoms with Crippen LogP contribution in [0.4, 0.5) is 5.69 Å². The van der Waals surface area contributed by atoms with Gasteiger partial charge in [-0.05, 0) is 36.6 Å². The lowest BCUT2D eigenvalue weighted by Gasteiger charge is -2.13. The molecule has 0 aliphatic carbocycles. The average Bonchev–Trinajstić information content (AvgIpc) is 2.47. The molecule has 100 valence electrons. The first-order valence-corrected chi connectivity index (χ1v) is 8.06. The Morgan fingerprint density at radius 2 is 1.79 bits per heavy atom. The summed E-state index contributed by atoms with van der Waals surface area (Å²) in [6, 6.07) is 16.5. The van der Waals surface area contributed by atoms with Crippen LogP contribution >= 0.6 is 8.58 Å². The van der Waals surface area contributed by atoms with Gasteiger partial charge in [-0.2, -0.15) is 0 Å². The SMILES string of the molecule is CCNc1ccccc1OCc1ccccc1PC. The van der Waals surface area contributed by atoms with E-state index in [4.69, 9.17) is 4.74 Å². The van der Waals surface area contributed by atoms with Crippen LogP contribution in [0.5, 0.6) is 5.75 Å². The smallest absolute Gasteiger partial charge is 0.142 e. The van der Waals surface area contributed by atoms with E-state index in [0.29, 0.717) is 6.61 Å². The zero-order chi connectivity index (χ0) is 13.5. The fraction of sp³-hybridized carbons (Fsp3) is 0.250. The molecule has 2 aromatic carbocycles. The van der Waals surface area contributed by atoms with E-state index in [1.807, 2.05) is 24.3 Å². The third kappa shape index (κ3) is 3.71. The maximum absolute atomic E-state index is 5.96. The lowest BCUT2D eigenvalue weighted by molar-refractivity contribution is 0.308. The number of ether oxygens (including phenoxy) is 1. The molecule has 0 fully saturated rings. The molecule has 2 rings (SSSR count). The first-order valence-electron chi connectivity index (χ1n) is 6.56. The van der Waals surface area contributed by atoms with Gasteiger partial charge in [-0.25, -0.2) is 0 Å². The summed E-state index contributed by atoms with van der Waals surface area (Å²) in [6.45, 7) is 5.81. The van der Waals surface area contributed by atoms with Gasteiger partial charge in [-0.3, -0.25) is 0 Å². The van der Waals surface area contributed by atoms with Crippen LogP contribution < -0.4 is 15.4 Å². The number of anilines is 1. The van der Waals surface area contributed by atoms with E-state index in [1.165, 1.54) is 10.9 Å². The van der Waals surface area contributed by atoms with E-state index in [9.17, 15) is 0 Å². The molecule has 0 aliphatic heterocycles. The molecule has 0 aliphatic rings. The van der Waals surface area contributed by atoms with Crippen LogP contribution in [0.3, 0.4) is 0 Å². The first-order chi connectivity index (χ1) is 9.35. The fourth-order valence-electron chi connectivity index (χ4n) is 1.97. The van der Waals surface area contributed by atoms with Crippen LogP contribution in [-0.4, -0.2) is 13.2 Å². The van der Waals surface area contributed by atoms with Gasteiger partial charge in [0.25, 0.3) is 0 Å². The van der Waals surface area contributed by atoms with E-state index in [1.54, 1.807) is 0 Å². The molecule has 1 N–H and O–H groups in total. The minimum absolute atomic E-state index is 0.624.